The Hall–Kier alpha value is -2.71. The molecule has 0 saturated carbocycles. The lowest BCUT2D eigenvalue weighted by Gasteiger charge is -2.16. The van der Waals surface area contributed by atoms with Gasteiger partial charge >= 0.3 is 5.76 Å². The summed E-state index contributed by atoms with van der Waals surface area (Å²) >= 11 is 0. The number of aliphatic hydroxyl groups is 1. The molecule has 0 amide bonds. The molecule has 2 aromatic rings. The summed E-state index contributed by atoms with van der Waals surface area (Å²) in [4.78, 5) is -1.12. The molecule has 0 spiro atoms. The number of hydrogen-bond donors (Lipinski definition) is 1. The SMILES string of the molecule is N#Cc1cc(Oc2ccc(S(=O)(=O)C(F)F)c3c2CC(F)(F)[C@H]3O)ccc1F. The molecule has 0 heterocycles. The van der Waals surface area contributed by atoms with Gasteiger partial charge in [0, 0.05) is 23.6 Å². The van der Waals surface area contributed by atoms with Crippen LogP contribution < -0.4 is 4.74 Å². The third kappa shape index (κ3) is 3.18. The summed E-state index contributed by atoms with van der Waals surface area (Å²) in [6.45, 7) is 0. The van der Waals surface area contributed by atoms with Gasteiger partial charge in [0.25, 0.3) is 5.92 Å². The molecular weight excluding hydrogens is 409 g/mol. The molecule has 0 radical (unpaired) electrons. The molecule has 1 aliphatic carbocycles. The highest BCUT2D eigenvalue weighted by Crippen LogP contribution is 2.50. The fourth-order valence-electron chi connectivity index (χ4n) is 2.87. The van der Waals surface area contributed by atoms with Gasteiger partial charge in [-0.1, -0.05) is 0 Å². The van der Waals surface area contributed by atoms with Crippen molar-refractivity contribution in [2.45, 2.75) is 29.1 Å². The van der Waals surface area contributed by atoms with Gasteiger partial charge in [0.05, 0.1) is 10.5 Å². The molecule has 0 unspecified atom stereocenters. The highest BCUT2D eigenvalue weighted by molar-refractivity contribution is 7.91. The molecular formula is C17H10F5NO4S. The molecule has 3 rings (SSSR count). The number of fused-ring (bicyclic) bond motifs is 1. The van der Waals surface area contributed by atoms with Crippen LogP contribution in [0.15, 0.2) is 35.2 Å². The van der Waals surface area contributed by atoms with Crippen LogP contribution in [-0.4, -0.2) is 25.2 Å². The van der Waals surface area contributed by atoms with Crippen molar-refractivity contribution in [2.75, 3.05) is 0 Å². The number of hydrogen-bond acceptors (Lipinski definition) is 5. The van der Waals surface area contributed by atoms with Crippen molar-refractivity contribution in [1.82, 2.24) is 0 Å². The van der Waals surface area contributed by atoms with E-state index in [1.54, 1.807) is 6.07 Å². The Balaban J connectivity index is 2.15. The van der Waals surface area contributed by atoms with Gasteiger partial charge in [0.2, 0.25) is 9.84 Å². The Labute approximate surface area is 155 Å². The molecule has 5 nitrogen and oxygen atoms in total. The maximum absolute atomic E-state index is 14.0. The van der Waals surface area contributed by atoms with E-state index in [0.717, 1.165) is 24.3 Å². The lowest BCUT2D eigenvalue weighted by Crippen LogP contribution is -2.23. The Morgan fingerprint density at radius 3 is 2.54 bits per heavy atom. The number of halogens is 5. The van der Waals surface area contributed by atoms with Gasteiger partial charge in [-0.15, -0.1) is 0 Å². The fraction of sp³-hybridized carbons (Fsp3) is 0.235. The van der Waals surface area contributed by atoms with E-state index in [-0.39, 0.29) is 11.5 Å². The van der Waals surface area contributed by atoms with E-state index < -0.39 is 61.4 Å². The molecule has 1 atom stereocenters. The van der Waals surface area contributed by atoms with E-state index in [9.17, 15) is 35.5 Å². The number of ether oxygens (including phenoxy) is 1. The molecule has 11 heteroatoms. The lowest BCUT2D eigenvalue weighted by molar-refractivity contribution is -0.0976. The number of nitriles is 1. The predicted molar refractivity (Wildman–Crippen MR) is 84.4 cm³/mol. The molecule has 28 heavy (non-hydrogen) atoms. The number of nitrogens with zero attached hydrogens (tertiary/aromatic N) is 1. The average Bonchev–Trinajstić information content (AvgIpc) is 2.87. The van der Waals surface area contributed by atoms with Crippen LogP contribution in [-0.2, 0) is 16.3 Å². The zero-order chi connectivity index (χ0) is 20.9. The Kier molecular flexibility index (Phi) is 4.81. The van der Waals surface area contributed by atoms with E-state index in [4.69, 9.17) is 10.00 Å². The first-order valence-corrected chi connectivity index (χ1v) is 9.15. The minimum atomic E-state index is -5.27. The van der Waals surface area contributed by atoms with Gasteiger partial charge in [-0.3, -0.25) is 0 Å². The summed E-state index contributed by atoms with van der Waals surface area (Å²) in [6, 6.07) is 6.05. The third-order valence-corrected chi connectivity index (χ3v) is 5.63. The van der Waals surface area contributed by atoms with Crippen LogP contribution in [0.25, 0.3) is 0 Å². The fourth-order valence-corrected chi connectivity index (χ4v) is 3.86. The first kappa shape index (κ1) is 20.0. The summed E-state index contributed by atoms with van der Waals surface area (Å²) in [5, 5.41) is 18.7. The van der Waals surface area contributed by atoms with Gasteiger partial charge in [-0.25, -0.2) is 21.6 Å². The monoisotopic (exact) mass is 419 g/mol. The molecule has 0 bridgehead atoms. The Morgan fingerprint density at radius 2 is 1.93 bits per heavy atom. The topological polar surface area (TPSA) is 87.4 Å². The van der Waals surface area contributed by atoms with Crippen LogP contribution in [0.2, 0.25) is 0 Å². The van der Waals surface area contributed by atoms with Crippen molar-refractivity contribution in [1.29, 1.82) is 5.26 Å². The molecule has 0 fully saturated rings. The van der Waals surface area contributed by atoms with E-state index in [1.807, 2.05) is 0 Å². The Bertz CT molecular complexity index is 1100. The Morgan fingerprint density at radius 1 is 1.25 bits per heavy atom. The zero-order valence-corrected chi connectivity index (χ0v) is 14.5. The number of benzene rings is 2. The standard InChI is InChI=1S/C17H10F5NO4S/c18-11-2-1-9(5-8(11)7-23)27-12-3-4-13(28(25,26)16(19)20)14-10(12)6-17(21,22)15(14)24/h1-5,15-16,24H,6H2/t15-/m0/s1. The summed E-state index contributed by atoms with van der Waals surface area (Å²) in [6.07, 6.45) is -3.78. The van der Waals surface area contributed by atoms with Crippen LogP contribution in [0.3, 0.4) is 0 Å². The highest BCUT2D eigenvalue weighted by atomic mass is 32.2. The van der Waals surface area contributed by atoms with Crippen molar-refractivity contribution < 1.29 is 40.2 Å². The second kappa shape index (κ2) is 6.72. The van der Waals surface area contributed by atoms with E-state index in [1.165, 1.54) is 0 Å². The van der Waals surface area contributed by atoms with Gasteiger partial charge in [-0.2, -0.15) is 14.0 Å². The summed E-state index contributed by atoms with van der Waals surface area (Å²) in [7, 11) is -5.27. The third-order valence-electron chi connectivity index (χ3n) is 4.19. The number of alkyl halides is 4. The molecule has 0 aromatic heterocycles. The summed E-state index contributed by atoms with van der Waals surface area (Å²) < 4.78 is 96.2. The molecule has 0 saturated heterocycles. The number of sulfone groups is 1. The second-order valence-corrected chi connectivity index (χ2v) is 7.84. The number of rotatable bonds is 4. The molecule has 2 aromatic carbocycles. The first-order valence-electron chi connectivity index (χ1n) is 7.60. The molecule has 148 valence electrons. The summed E-state index contributed by atoms with van der Waals surface area (Å²) in [5.41, 5.74) is -1.73. The second-order valence-electron chi connectivity index (χ2n) is 5.96. The van der Waals surface area contributed by atoms with Crippen LogP contribution in [0.1, 0.15) is 22.8 Å². The van der Waals surface area contributed by atoms with Gasteiger partial charge in [0.1, 0.15) is 29.5 Å². The van der Waals surface area contributed by atoms with Crippen molar-refractivity contribution >= 4 is 9.84 Å². The van der Waals surface area contributed by atoms with Crippen LogP contribution in [0.5, 0.6) is 11.5 Å². The maximum atomic E-state index is 14.0. The minimum absolute atomic E-state index is 0.130. The molecule has 1 aliphatic rings. The number of aliphatic hydroxyl groups excluding tert-OH is 1. The minimum Gasteiger partial charge on any atom is -0.457 e. The normalized spacial score (nSPS) is 18.0. The largest absolute Gasteiger partial charge is 0.457 e. The quantitative estimate of drug-likeness (QED) is 0.764. The smallest absolute Gasteiger partial charge is 0.341 e. The lowest BCUT2D eigenvalue weighted by atomic mass is 10.1. The van der Waals surface area contributed by atoms with Gasteiger partial charge in [0.15, 0.2) is 0 Å². The first-order chi connectivity index (χ1) is 13.0. The van der Waals surface area contributed by atoms with Crippen LogP contribution in [0, 0.1) is 17.1 Å². The van der Waals surface area contributed by atoms with Crippen molar-refractivity contribution in [3.63, 3.8) is 0 Å². The van der Waals surface area contributed by atoms with Crippen molar-refractivity contribution in [3.05, 3.63) is 52.8 Å². The molecule has 1 N–H and O–H groups in total. The van der Waals surface area contributed by atoms with Crippen molar-refractivity contribution in [3.8, 4) is 17.6 Å². The van der Waals surface area contributed by atoms with E-state index in [2.05, 4.69) is 0 Å². The predicted octanol–water partition coefficient (Wildman–Crippen LogP) is 3.71. The van der Waals surface area contributed by atoms with Gasteiger partial charge in [-0.05, 0) is 24.3 Å². The zero-order valence-electron chi connectivity index (χ0n) is 13.7. The molecule has 0 aliphatic heterocycles. The van der Waals surface area contributed by atoms with Crippen LogP contribution in [0.4, 0.5) is 22.0 Å². The van der Waals surface area contributed by atoms with E-state index in [0.29, 0.717) is 6.07 Å². The maximum Gasteiger partial charge on any atom is 0.341 e. The summed E-state index contributed by atoms with van der Waals surface area (Å²) in [5.74, 6) is -9.00. The van der Waals surface area contributed by atoms with Gasteiger partial charge < -0.3 is 9.84 Å². The average molecular weight is 419 g/mol. The van der Waals surface area contributed by atoms with E-state index >= 15 is 0 Å². The highest BCUT2D eigenvalue weighted by Gasteiger charge is 2.51. The van der Waals surface area contributed by atoms with Crippen LogP contribution >= 0.6 is 0 Å². The van der Waals surface area contributed by atoms with Crippen molar-refractivity contribution in [2.24, 2.45) is 0 Å².